The van der Waals surface area contributed by atoms with Crippen molar-refractivity contribution in [1.82, 2.24) is 19.9 Å². The molecule has 0 saturated carbocycles. The van der Waals surface area contributed by atoms with E-state index >= 15 is 0 Å². The Morgan fingerprint density at radius 2 is 2.13 bits per heavy atom. The van der Waals surface area contributed by atoms with Crippen LogP contribution in [0.3, 0.4) is 0 Å². The second-order valence-corrected chi connectivity index (χ2v) is 5.11. The number of pyridine rings is 1. The quantitative estimate of drug-likeness (QED) is 0.754. The van der Waals surface area contributed by atoms with E-state index in [1.54, 1.807) is 18.2 Å². The van der Waals surface area contributed by atoms with Crippen LogP contribution in [0.4, 0.5) is 4.39 Å². The molecular weight excluding hydrogens is 295 g/mol. The van der Waals surface area contributed by atoms with Gasteiger partial charge in [0.05, 0.1) is 6.04 Å². The maximum absolute atomic E-state index is 13.1. The molecule has 1 unspecified atom stereocenters. The van der Waals surface area contributed by atoms with Gasteiger partial charge < -0.3 is 5.32 Å². The molecule has 5 nitrogen and oxygen atoms in total. The Bertz CT molecular complexity index is 872. The molecule has 0 aliphatic carbocycles. The van der Waals surface area contributed by atoms with Gasteiger partial charge in [0.2, 0.25) is 5.91 Å². The Balaban J connectivity index is 1.70. The molecule has 0 radical (unpaired) electrons. The van der Waals surface area contributed by atoms with Gasteiger partial charge in [-0.2, -0.15) is 0 Å². The lowest BCUT2D eigenvalue weighted by Crippen LogP contribution is -2.26. The van der Waals surface area contributed by atoms with E-state index in [9.17, 15) is 9.18 Å². The van der Waals surface area contributed by atoms with E-state index in [0.717, 1.165) is 5.65 Å². The largest absolute Gasteiger partial charge is 0.343 e. The predicted octanol–water partition coefficient (Wildman–Crippen LogP) is 2.76. The summed E-state index contributed by atoms with van der Waals surface area (Å²) in [6, 6.07) is 11.3. The number of hydrogen-bond donors (Lipinski definition) is 1. The average molecular weight is 310 g/mol. The van der Waals surface area contributed by atoms with E-state index in [0.29, 0.717) is 11.4 Å². The maximum atomic E-state index is 13.1. The number of nitrogens with zero attached hydrogens (tertiary/aromatic N) is 3. The summed E-state index contributed by atoms with van der Waals surface area (Å²) in [6.45, 7) is 1.83. The normalized spacial score (nSPS) is 12.6. The first kappa shape index (κ1) is 14.9. The first-order chi connectivity index (χ1) is 11.1. The first-order valence-corrected chi connectivity index (χ1v) is 7.17. The predicted molar refractivity (Wildman–Crippen MR) is 85.0 cm³/mol. The second kappa shape index (κ2) is 6.39. The minimum Gasteiger partial charge on any atom is -0.343 e. The van der Waals surface area contributed by atoms with Crippen molar-refractivity contribution in [2.45, 2.75) is 13.0 Å². The Hall–Kier alpha value is -3.02. The summed E-state index contributed by atoms with van der Waals surface area (Å²) < 4.78 is 14.9. The number of fused-ring (bicyclic) bond motifs is 1. The van der Waals surface area contributed by atoms with Crippen molar-refractivity contribution in [2.24, 2.45) is 0 Å². The van der Waals surface area contributed by atoms with E-state index in [2.05, 4.69) is 15.5 Å². The topological polar surface area (TPSA) is 59.3 Å². The molecule has 2 aromatic heterocycles. The van der Waals surface area contributed by atoms with Crippen LogP contribution in [0.5, 0.6) is 0 Å². The molecule has 0 bridgehead atoms. The molecule has 116 valence electrons. The molecule has 0 fully saturated rings. The lowest BCUT2D eigenvalue weighted by molar-refractivity contribution is -0.117. The number of aromatic nitrogens is 3. The highest BCUT2D eigenvalue weighted by atomic mass is 19.1. The lowest BCUT2D eigenvalue weighted by Gasteiger charge is -2.10. The van der Waals surface area contributed by atoms with Gasteiger partial charge in [-0.1, -0.05) is 18.2 Å². The minimum absolute atomic E-state index is 0.283. The molecule has 6 heteroatoms. The molecule has 2 heterocycles. The van der Waals surface area contributed by atoms with Gasteiger partial charge in [0.25, 0.3) is 0 Å². The summed E-state index contributed by atoms with van der Waals surface area (Å²) in [5, 5.41) is 11.0. The number of halogens is 1. The molecule has 0 spiro atoms. The van der Waals surface area contributed by atoms with Crippen molar-refractivity contribution in [3.05, 3.63) is 71.9 Å². The molecule has 1 aromatic carbocycles. The molecule has 0 saturated heterocycles. The van der Waals surface area contributed by atoms with Crippen LogP contribution in [0, 0.1) is 5.82 Å². The molecule has 0 aliphatic rings. The van der Waals surface area contributed by atoms with E-state index in [1.165, 1.54) is 18.2 Å². The zero-order valence-corrected chi connectivity index (χ0v) is 12.5. The lowest BCUT2D eigenvalue weighted by atomic mass is 10.2. The number of benzene rings is 1. The van der Waals surface area contributed by atoms with Crippen LogP contribution in [-0.4, -0.2) is 20.5 Å². The van der Waals surface area contributed by atoms with E-state index < -0.39 is 0 Å². The van der Waals surface area contributed by atoms with E-state index in [1.807, 2.05) is 35.7 Å². The number of rotatable bonds is 4. The fourth-order valence-electron chi connectivity index (χ4n) is 2.26. The Morgan fingerprint density at radius 1 is 1.26 bits per heavy atom. The van der Waals surface area contributed by atoms with Crippen LogP contribution >= 0.6 is 0 Å². The third-order valence-electron chi connectivity index (χ3n) is 3.36. The standard InChI is InChI=1S/C17H15FN4O/c1-12(17-21-20-15-7-2-3-10-22(15)17)19-16(23)9-8-13-5-4-6-14(18)11-13/h2-12H,1H3,(H,19,23)/b9-8+. The fraction of sp³-hybridized carbons (Fsp3) is 0.118. The summed E-state index contributed by atoms with van der Waals surface area (Å²) in [4.78, 5) is 12.0. The van der Waals surface area contributed by atoms with E-state index in [4.69, 9.17) is 0 Å². The van der Waals surface area contributed by atoms with E-state index in [-0.39, 0.29) is 17.8 Å². The van der Waals surface area contributed by atoms with Crippen LogP contribution in [-0.2, 0) is 4.79 Å². The summed E-state index contributed by atoms with van der Waals surface area (Å²) in [5.74, 6) is 0.0263. The Kier molecular flexibility index (Phi) is 4.14. The van der Waals surface area contributed by atoms with Crippen molar-refractivity contribution < 1.29 is 9.18 Å². The highest BCUT2D eigenvalue weighted by Crippen LogP contribution is 2.12. The molecule has 1 amide bonds. The van der Waals surface area contributed by atoms with Crippen molar-refractivity contribution in [2.75, 3.05) is 0 Å². The summed E-state index contributed by atoms with van der Waals surface area (Å²) >= 11 is 0. The first-order valence-electron chi connectivity index (χ1n) is 7.17. The van der Waals surface area contributed by atoms with Crippen LogP contribution in [0.15, 0.2) is 54.7 Å². The average Bonchev–Trinajstić information content (AvgIpc) is 2.97. The molecule has 1 N–H and O–H groups in total. The monoisotopic (exact) mass is 310 g/mol. The number of nitrogens with one attached hydrogen (secondary N) is 1. The number of carbonyl (C=O) groups excluding carboxylic acids is 1. The van der Waals surface area contributed by atoms with Crippen molar-refractivity contribution in [3.63, 3.8) is 0 Å². The molecule has 1 atom stereocenters. The third kappa shape index (κ3) is 3.42. The highest BCUT2D eigenvalue weighted by molar-refractivity contribution is 5.91. The SMILES string of the molecule is CC(NC(=O)/C=C/c1cccc(F)c1)c1nnc2ccccn12. The number of hydrogen-bond acceptors (Lipinski definition) is 3. The minimum atomic E-state index is -0.337. The van der Waals surface area contributed by atoms with Gasteiger partial charge in [-0.05, 0) is 42.8 Å². The Labute approximate surface area is 132 Å². The summed E-state index contributed by atoms with van der Waals surface area (Å²) in [6.07, 6.45) is 4.78. The smallest absolute Gasteiger partial charge is 0.244 e. The van der Waals surface area contributed by atoms with Crippen molar-refractivity contribution in [3.8, 4) is 0 Å². The van der Waals surface area contributed by atoms with Gasteiger partial charge in [0.15, 0.2) is 11.5 Å². The number of amides is 1. The molecule has 3 aromatic rings. The van der Waals surface area contributed by atoms with Gasteiger partial charge in [0.1, 0.15) is 5.82 Å². The fourth-order valence-corrected chi connectivity index (χ4v) is 2.26. The summed E-state index contributed by atoms with van der Waals surface area (Å²) in [5.41, 5.74) is 1.35. The van der Waals surface area contributed by atoms with Gasteiger partial charge in [-0.3, -0.25) is 9.20 Å². The van der Waals surface area contributed by atoms with Crippen molar-refractivity contribution in [1.29, 1.82) is 0 Å². The van der Waals surface area contributed by atoms with Gasteiger partial charge in [0, 0.05) is 12.3 Å². The van der Waals surface area contributed by atoms with Crippen molar-refractivity contribution >= 4 is 17.6 Å². The van der Waals surface area contributed by atoms with Gasteiger partial charge >= 0.3 is 0 Å². The highest BCUT2D eigenvalue weighted by Gasteiger charge is 2.14. The zero-order valence-electron chi connectivity index (χ0n) is 12.5. The van der Waals surface area contributed by atoms with Crippen LogP contribution < -0.4 is 5.32 Å². The molecular formula is C17H15FN4O. The third-order valence-corrected chi connectivity index (χ3v) is 3.36. The Morgan fingerprint density at radius 3 is 2.96 bits per heavy atom. The van der Waals surface area contributed by atoms with Gasteiger partial charge in [-0.25, -0.2) is 4.39 Å². The van der Waals surface area contributed by atoms with Crippen LogP contribution in [0.2, 0.25) is 0 Å². The molecule has 3 rings (SSSR count). The second-order valence-electron chi connectivity index (χ2n) is 5.11. The molecule has 23 heavy (non-hydrogen) atoms. The molecule has 0 aliphatic heterocycles. The number of carbonyl (C=O) groups is 1. The zero-order chi connectivity index (χ0) is 16.2. The van der Waals surface area contributed by atoms with Crippen LogP contribution in [0.25, 0.3) is 11.7 Å². The summed E-state index contributed by atoms with van der Waals surface area (Å²) in [7, 11) is 0. The van der Waals surface area contributed by atoms with Gasteiger partial charge in [-0.15, -0.1) is 10.2 Å². The maximum Gasteiger partial charge on any atom is 0.244 e. The van der Waals surface area contributed by atoms with Crippen LogP contribution in [0.1, 0.15) is 24.4 Å².